The number of aliphatic carboxylic acids is 1. The van der Waals surface area contributed by atoms with Gasteiger partial charge < -0.3 is 38.3 Å². The van der Waals surface area contributed by atoms with E-state index in [0.29, 0.717) is 38.8 Å². The number of rotatable bonds is 16. The maximum Gasteiger partial charge on any atom is 0.326 e. The highest BCUT2D eigenvalue weighted by atomic mass is 16.4. The second-order valence-corrected chi connectivity index (χ2v) is 8.04. The molecule has 0 aliphatic rings. The van der Waals surface area contributed by atoms with Crippen LogP contribution in [-0.4, -0.2) is 66.1 Å². The van der Waals surface area contributed by atoms with E-state index < -0.39 is 47.9 Å². The van der Waals surface area contributed by atoms with Gasteiger partial charge in [0.1, 0.15) is 18.1 Å². The number of nitrogens with two attached hydrogens (primary N) is 3. The Balaban J connectivity index is 4.88. The molecule has 4 atom stereocenters. The van der Waals surface area contributed by atoms with Crippen LogP contribution in [0.4, 0.5) is 0 Å². The summed E-state index contributed by atoms with van der Waals surface area (Å²) >= 11 is 0. The van der Waals surface area contributed by atoms with E-state index in [1.54, 1.807) is 13.8 Å². The summed E-state index contributed by atoms with van der Waals surface area (Å²) in [6, 6.07) is -3.69. The first-order chi connectivity index (χ1) is 14.5. The lowest BCUT2D eigenvalue weighted by atomic mass is 10.0. The average molecular weight is 445 g/mol. The van der Waals surface area contributed by atoms with E-state index in [1.807, 2.05) is 0 Å². The monoisotopic (exact) mass is 444 g/mol. The van der Waals surface area contributed by atoms with Gasteiger partial charge in [-0.05, 0) is 58.0 Å². The predicted molar refractivity (Wildman–Crippen MR) is 118 cm³/mol. The fourth-order valence-electron chi connectivity index (χ4n) is 2.85. The molecule has 0 spiro atoms. The van der Waals surface area contributed by atoms with Crippen molar-refractivity contribution in [3.05, 3.63) is 0 Å². The summed E-state index contributed by atoms with van der Waals surface area (Å²) in [5.41, 5.74) is 16.7. The third kappa shape index (κ3) is 11.7. The first-order valence-corrected chi connectivity index (χ1v) is 10.8. The SMILES string of the molecule is CC(NC(=O)C(N)CCCCN)C(=O)NC(C(=O)NC(CCCCN)C(=O)O)C(C)C. The molecule has 0 aromatic rings. The standard InChI is InChI=1S/C20H40N6O5/c1-12(2)16(19(29)25-15(20(30)31)9-5-7-11-22)26-17(27)13(3)24-18(28)14(23)8-4-6-10-21/h12-16H,4-11,21-23H2,1-3H3,(H,24,28)(H,25,29)(H,26,27)(H,30,31). The van der Waals surface area contributed by atoms with E-state index in [-0.39, 0.29) is 12.3 Å². The molecule has 0 heterocycles. The van der Waals surface area contributed by atoms with Gasteiger partial charge in [0.2, 0.25) is 17.7 Å². The molecule has 0 aliphatic carbocycles. The average Bonchev–Trinajstić information content (AvgIpc) is 2.70. The van der Waals surface area contributed by atoms with Crippen LogP contribution in [-0.2, 0) is 19.2 Å². The lowest BCUT2D eigenvalue weighted by Gasteiger charge is -2.26. The summed E-state index contributed by atoms with van der Waals surface area (Å²) < 4.78 is 0. The van der Waals surface area contributed by atoms with Gasteiger partial charge in [-0.1, -0.05) is 20.3 Å². The van der Waals surface area contributed by atoms with Crippen molar-refractivity contribution in [2.75, 3.05) is 13.1 Å². The summed E-state index contributed by atoms with van der Waals surface area (Å²) in [6.07, 6.45) is 3.36. The van der Waals surface area contributed by atoms with Gasteiger partial charge in [0, 0.05) is 0 Å². The molecule has 180 valence electrons. The number of amides is 3. The molecule has 11 nitrogen and oxygen atoms in total. The normalized spacial score (nSPS) is 14.9. The molecule has 0 bridgehead atoms. The Morgan fingerprint density at radius 3 is 1.81 bits per heavy atom. The maximum absolute atomic E-state index is 12.6. The number of carboxylic acid groups (broad SMARTS) is 1. The van der Waals surface area contributed by atoms with Crippen LogP contribution in [0.15, 0.2) is 0 Å². The van der Waals surface area contributed by atoms with Crippen LogP contribution >= 0.6 is 0 Å². The van der Waals surface area contributed by atoms with Crippen LogP contribution in [0.5, 0.6) is 0 Å². The molecule has 0 saturated heterocycles. The van der Waals surface area contributed by atoms with E-state index in [2.05, 4.69) is 16.0 Å². The number of hydrogen-bond acceptors (Lipinski definition) is 7. The van der Waals surface area contributed by atoms with Gasteiger partial charge in [-0.2, -0.15) is 0 Å². The molecular weight excluding hydrogens is 404 g/mol. The first-order valence-electron chi connectivity index (χ1n) is 10.8. The zero-order valence-electron chi connectivity index (χ0n) is 18.9. The summed E-state index contributed by atoms with van der Waals surface area (Å²) in [7, 11) is 0. The van der Waals surface area contributed by atoms with Gasteiger partial charge in [0.15, 0.2) is 0 Å². The van der Waals surface area contributed by atoms with Gasteiger partial charge in [-0.15, -0.1) is 0 Å². The molecule has 0 fully saturated rings. The summed E-state index contributed by atoms with van der Waals surface area (Å²) in [5, 5.41) is 16.9. The summed E-state index contributed by atoms with van der Waals surface area (Å²) in [6.45, 7) is 5.89. The second kappa shape index (κ2) is 15.5. The molecule has 0 aliphatic heterocycles. The van der Waals surface area contributed by atoms with Gasteiger partial charge >= 0.3 is 5.97 Å². The van der Waals surface area contributed by atoms with E-state index in [4.69, 9.17) is 17.2 Å². The molecule has 0 radical (unpaired) electrons. The largest absolute Gasteiger partial charge is 0.480 e. The number of carboxylic acids is 1. The van der Waals surface area contributed by atoms with Crippen molar-refractivity contribution < 1.29 is 24.3 Å². The lowest BCUT2D eigenvalue weighted by Crippen LogP contribution is -2.57. The summed E-state index contributed by atoms with van der Waals surface area (Å²) in [5.74, 6) is -3.07. The second-order valence-electron chi connectivity index (χ2n) is 8.04. The third-order valence-electron chi connectivity index (χ3n) is 4.87. The van der Waals surface area contributed by atoms with Crippen LogP contribution in [0.2, 0.25) is 0 Å². The molecular formula is C20H40N6O5. The van der Waals surface area contributed by atoms with Gasteiger partial charge in [0.25, 0.3) is 0 Å². The van der Waals surface area contributed by atoms with Gasteiger partial charge in [-0.25, -0.2) is 4.79 Å². The minimum Gasteiger partial charge on any atom is -0.480 e. The minimum absolute atomic E-state index is 0.242. The Kier molecular flexibility index (Phi) is 14.4. The Morgan fingerprint density at radius 1 is 0.774 bits per heavy atom. The van der Waals surface area contributed by atoms with E-state index in [0.717, 1.165) is 6.42 Å². The third-order valence-corrected chi connectivity index (χ3v) is 4.87. The van der Waals surface area contributed by atoms with Crippen LogP contribution in [0, 0.1) is 5.92 Å². The van der Waals surface area contributed by atoms with Crippen molar-refractivity contribution in [2.45, 2.75) is 83.5 Å². The molecule has 0 saturated carbocycles. The summed E-state index contributed by atoms with van der Waals surface area (Å²) in [4.78, 5) is 48.7. The highest BCUT2D eigenvalue weighted by Crippen LogP contribution is 2.06. The van der Waals surface area contributed by atoms with Crippen molar-refractivity contribution in [1.29, 1.82) is 0 Å². The quantitative estimate of drug-likeness (QED) is 0.143. The van der Waals surface area contributed by atoms with Gasteiger partial charge in [0.05, 0.1) is 6.04 Å². The van der Waals surface area contributed by atoms with Crippen molar-refractivity contribution in [2.24, 2.45) is 23.1 Å². The van der Waals surface area contributed by atoms with Crippen LogP contribution in [0.3, 0.4) is 0 Å². The Bertz CT molecular complexity index is 586. The maximum atomic E-state index is 12.6. The molecule has 10 N–H and O–H groups in total. The van der Waals surface area contributed by atoms with Crippen molar-refractivity contribution in [3.63, 3.8) is 0 Å². The fourth-order valence-corrected chi connectivity index (χ4v) is 2.85. The molecule has 31 heavy (non-hydrogen) atoms. The number of carbonyl (C=O) groups excluding carboxylic acids is 3. The highest BCUT2D eigenvalue weighted by molar-refractivity contribution is 5.94. The van der Waals surface area contributed by atoms with Crippen molar-refractivity contribution >= 4 is 23.7 Å². The zero-order valence-corrected chi connectivity index (χ0v) is 18.9. The molecule has 0 aromatic carbocycles. The van der Waals surface area contributed by atoms with E-state index in [9.17, 15) is 24.3 Å². The Hall–Kier alpha value is -2.24. The molecule has 0 rings (SSSR count). The van der Waals surface area contributed by atoms with Crippen LogP contribution in [0.25, 0.3) is 0 Å². The smallest absolute Gasteiger partial charge is 0.326 e. The highest BCUT2D eigenvalue weighted by Gasteiger charge is 2.30. The molecule has 3 amide bonds. The van der Waals surface area contributed by atoms with Gasteiger partial charge in [-0.3, -0.25) is 14.4 Å². The Labute approximate surface area is 184 Å². The molecule has 11 heteroatoms. The molecule has 4 unspecified atom stereocenters. The topological polar surface area (TPSA) is 203 Å². The van der Waals surface area contributed by atoms with Crippen LogP contribution in [0.1, 0.15) is 59.3 Å². The number of unbranched alkanes of at least 4 members (excludes halogenated alkanes) is 2. The van der Waals surface area contributed by atoms with E-state index in [1.165, 1.54) is 6.92 Å². The fraction of sp³-hybridized carbons (Fsp3) is 0.800. The zero-order chi connectivity index (χ0) is 24.0. The Morgan fingerprint density at radius 2 is 1.32 bits per heavy atom. The first kappa shape index (κ1) is 28.8. The van der Waals surface area contributed by atoms with Crippen molar-refractivity contribution in [1.82, 2.24) is 16.0 Å². The minimum atomic E-state index is -1.15. The number of nitrogens with one attached hydrogen (secondary N) is 3. The molecule has 0 aromatic heterocycles. The number of hydrogen-bond donors (Lipinski definition) is 7. The predicted octanol–water partition coefficient (Wildman–Crippen LogP) is -1.21. The van der Waals surface area contributed by atoms with Crippen LogP contribution < -0.4 is 33.2 Å². The van der Waals surface area contributed by atoms with E-state index >= 15 is 0 Å². The van der Waals surface area contributed by atoms with Crippen molar-refractivity contribution in [3.8, 4) is 0 Å². The lowest BCUT2D eigenvalue weighted by molar-refractivity contribution is -0.142. The number of carbonyl (C=O) groups is 4.